The van der Waals surface area contributed by atoms with Gasteiger partial charge in [-0.25, -0.2) is 4.98 Å². The van der Waals surface area contributed by atoms with Gasteiger partial charge in [-0.3, -0.25) is 0 Å². The summed E-state index contributed by atoms with van der Waals surface area (Å²) in [7, 11) is 0. The van der Waals surface area contributed by atoms with Crippen molar-refractivity contribution >= 4 is 5.69 Å². The van der Waals surface area contributed by atoms with E-state index >= 15 is 0 Å². The van der Waals surface area contributed by atoms with Crippen molar-refractivity contribution in [1.82, 2.24) is 4.98 Å². The number of pyridine rings is 1. The molecule has 0 spiro atoms. The van der Waals surface area contributed by atoms with Crippen LogP contribution in [-0.2, 0) is 0 Å². The number of hydrogen-bond donors (Lipinski definition) is 1. The Bertz CT molecular complexity index is 313. The molecule has 16 heavy (non-hydrogen) atoms. The standard InChI is InChI=1S/C13H22N2O/c1-3-4-5-6-7-10-16-13-9-8-12(14)11(2)15-13/h8-9H,3-7,10,14H2,1-2H3. The number of unbranched alkanes of at least 4 members (excludes halogenated alkanes) is 4. The summed E-state index contributed by atoms with van der Waals surface area (Å²) < 4.78 is 5.56. The van der Waals surface area contributed by atoms with Gasteiger partial charge in [0.1, 0.15) is 0 Å². The van der Waals surface area contributed by atoms with Gasteiger partial charge in [-0.2, -0.15) is 0 Å². The van der Waals surface area contributed by atoms with E-state index in [1.54, 1.807) is 0 Å². The van der Waals surface area contributed by atoms with Crippen LogP contribution in [0.4, 0.5) is 5.69 Å². The number of aryl methyl sites for hydroxylation is 1. The maximum absolute atomic E-state index is 5.68. The second-order valence-electron chi connectivity index (χ2n) is 4.09. The zero-order valence-corrected chi connectivity index (χ0v) is 10.3. The molecule has 90 valence electrons. The summed E-state index contributed by atoms with van der Waals surface area (Å²) in [6.07, 6.45) is 6.24. The maximum Gasteiger partial charge on any atom is 0.213 e. The molecule has 3 nitrogen and oxygen atoms in total. The van der Waals surface area contributed by atoms with Crippen LogP contribution in [0.15, 0.2) is 12.1 Å². The van der Waals surface area contributed by atoms with E-state index < -0.39 is 0 Å². The van der Waals surface area contributed by atoms with Crippen molar-refractivity contribution in [2.75, 3.05) is 12.3 Å². The Labute approximate surface area is 98.0 Å². The summed E-state index contributed by atoms with van der Waals surface area (Å²) in [4.78, 5) is 4.26. The number of anilines is 1. The Morgan fingerprint density at radius 2 is 1.94 bits per heavy atom. The van der Waals surface area contributed by atoms with Gasteiger partial charge in [0.15, 0.2) is 0 Å². The average molecular weight is 222 g/mol. The fourth-order valence-corrected chi connectivity index (χ4v) is 1.51. The predicted molar refractivity (Wildman–Crippen MR) is 67.6 cm³/mol. The van der Waals surface area contributed by atoms with Crippen LogP contribution in [0.2, 0.25) is 0 Å². The van der Waals surface area contributed by atoms with Gasteiger partial charge in [0.2, 0.25) is 5.88 Å². The molecule has 0 aromatic carbocycles. The molecule has 0 radical (unpaired) electrons. The van der Waals surface area contributed by atoms with Crippen LogP contribution in [0.25, 0.3) is 0 Å². The van der Waals surface area contributed by atoms with Crippen molar-refractivity contribution in [3.63, 3.8) is 0 Å². The lowest BCUT2D eigenvalue weighted by Gasteiger charge is -2.06. The first kappa shape index (κ1) is 12.8. The van der Waals surface area contributed by atoms with Crippen molar-refractivity contribution in [2.45, 2.75) is 46.0 Å². The molecule has 0 fully saturated rings. The van der Waals surface area contributed by atoms with Crippen molar-refractivity contribution in [3.05, 3.63) is 17.8 Å². The van der Waals surface area contributed by atoms with Crippen LogP contribution < -0.4 is 10.5 Å². The van der Waals surface area contributed by atoms with Gasteiger partial charge in [-0.15, -0.1) is 0 Å². The molecule has 0 aliphatic heterocycles. The lowest BCUT2D eigenvalue weighted by molar-refractivity contribution is 0.293. The zero-order valence-electron chi connectivity index (χ0n) is 10.3. The van der Waals surface area contributed by atoms with Crippen LogP contribution in [0.5, 0.6) is 5.88 Å². The largest absolute Gasteiger partial charge is 0.478 e. The molecule has 3 heteroatoms. The fourth-order valence-electron chi connectivity index (χ4n) is 1.51. The van der Waals surface area contributed by atoms with Gasteiger partial charge in [0.05, 0.1) is 18.0 Å². The third-order valence-electron chi connectivity index (χ3n) is 2.60. The normalized spacial score (nSPS) is 10.4. The molecular weight excluding hydrogens is 200 g/mol. The topological polar surface area (TPSA) is 48.1 Å². The average Bonchev–Trinajstić information content (AvgIpc) is 2.28. The molecule has 2 N–H and O–H groups in total. The van der Waals surface area contributed by atoms with E-state index in [2.05, 4.69) is 11.9 Å². The van der Waals surface area contributed by atoms with E-state index in [4.69, 9.17) is 10.5 Å². The zero-order chi connectivity index (χ0) is 11.8. The predicted octanol–water partition coefficient (Wildman–Crippen LogP) is 3.32. The van der Waals surface area contributed by atoms with Crippen LogP contribution in [0, 0.1) is 6.92 Å². The summed E-state index contributed by atoms with van der Waals surface area (Å²) in [6, 6.07) is 3.67. The number of nitrogens with zero attached hydrogens (tertiary/aromatic N) is 1. The van der Waals surface area contributed by atoms with E-state index in [0.717, 1.165) is 24.4 Å². The molecule has 1 aromatic heterocycles. The number of hydrogen-bond acceptors (Lipinski definition) is 3. The molecule has 0 saturated carbocycles. The quantitative estimate of drug-likeness (QED) is 0.720. The minimum absolute atomic E-state index is 0.683. The summed E-state index contributed by atoms with van der Waals surface area (Å²) in [6.45, 7) is 4.86. The Hall–Kier alpha value is -1.25. The second kappa shape index (κ2) is 7.09. The van der Waals surface area contributed by atoms with Crippen LogP contribution in [0.3, 0.4) is 0 Å². The van der Waals surface area contributed by atoms with Crippen LogP contribution in [-0.4, -0.2) is 11.6 Å². The Kier molecular flexibility index (Phi) is 5.68. The van der Waals surface area contributed by atoms with Crippen molar-refractivity contribution in [3.8, 4) is 5.88 Å². The highest BCUT2D eigenvalue weighted by atomic mass is 16.5. The van der Waals surface area contributed by atoms with Crippen molar-refractivity contribution < 1.29 is 4.74 Å². The molecule has 0 saturated heterocycles. The monoisotopic (exact) mass is 222 g/mol. The van der Waals surface area contributed by atoms with Gasteiger partial charge < -0.3 is 10.5 Å². The first-order chi connectivity index (χ1) is 7.74. The minimum atomic E-state index is 0.683. The molecule has 0 aliphatic carbocycles. The van der Waals surface area contributed by atoms with E-state index in [0.29, 0.717) is 5.88 Å². The number of nitrogen functional groups attached to an aromatic ring is 1. The highest BCUT2D eigenvalue weighted by Crippen LogP contribution is 2.14. The fraction of sp³-hybridized carbons (Fsp3) is 0.615. The van der Waals surface area contributed by atoms with E-state index in [9.17, 15) is 0 Å². The Balaban J connectivity index is 2.19. The highest BCUT2D eigenvalue weighted by Gasteiger charge is 1.99. The third kappa shape index (κ3) is 4.51. The molecule has 0 aliphatic rings. The van der Waals surface area contributed by atoms with Crippen molar-refractivity contribution in [1.29, 1.82) is 0 Å². The van der Waals surface area contributed by atoms with Gasteiger partial charge in [0.25, 0.3) is 0 Å². The number of nitrogens with two attached hydrogens (primary N) is 1. The molecular formula is C13H22N2O. The smallest absolute Gasteiger partial charge is 0.213 e. The molecule has 1 rings (SSSR count). The molecule has 0 unspecified atom stereocenters. The molecule has 0 amide bonds. The molecule has 1 heterocycles. The summed E-state index contributed by atoms with van der Waals surface area (Å²) in [5.74, 6) is 0.683. The Morgan fingerprint density at radius 1 is 1.19 bits per heavy atom. The maximum atomic E-state index is 5.68. The lowest BCUT2D eigenvalue weighted by Crippen LogP contribution is -2.01. The number of ether oxygens (including phenoxy) is 1. The summed E-state index contributed by atoms with van der Waals surface area (Å²) >= 11 is 0. The number of aromatic nitrogens is 1. The molecule has 1 aromatic rings. The highest BCUT2D eigenvalue weighted by molar-refractivity contribution is 5.43. The van der Waals surface area contributed by atoms with E-state index in [1.807, 2.05) is 19.1 Å². The van der Waals surface area contributed by atoms with E-state index in [-0.39, 0.29) is 0 Å². The van der Waals surface area contributed by atoms with Gasteiger partial charge >= 0.3 is 0 Å². The van der Waals surface area contributed by atoms with Crippen LogP contribution >= 0.6 is 0 Å². The van der Waals surface area contributed by atoms with E-state index in [1.165, 1.54) is 25.7 Å². The Morgan fingerprint density at radius 3 is 2.62 bits per heavy atom. The third-order valence-corrected chi connectivity index (χ3v) is 2.60. The van der Waals surface area contributed by atoms with Gasteiger partial charge in [0, 0.05) is 6.07 Å². The van der Waals surface area contributed by atoms with Gasteiger partial charge in [-0.1, -0.05) is 32.6 Å². The SMILES string of the molecule is CCCCCCCOc1ccc(N)c(C)n1. The molecule has 0 atom stereocenters. The number of rotatable bonds is 7. The minimum Gasteiger partial charge on any atom is -0.478 e. The summed E-state index contributed by atoms with van der Waals surface area (Å²) in [5, 5.41) is 0. The first-order valence-electron chi connectivity index (χ1n) is 6.10. The van der Waals surface area contributed by atoms with Gasteiger partial charge in [-0.05, 0) is 19.4 Å². The van der Waals surface area contributed by atoms with Crippen molar-refractivity contribution in [2.24, 2.45) is 0 Å². The molecule has 0 bridgehead atoms. The first-order valence-corrected chi connectivity index (χ1v) is 6.10. The van der Waals surface area contributed by atoms with Crippen LogP contribution in [0.1, 0.15) is 44.7 Å². The summed E-state index contributed by atoms with van der Waals surface area (Å²) in [5.41, 5.74) is 7.23. The second-order valence-corrected chi connectivity index (χ2v) is 4.09. The lowest BCUT2D eigenvalue weighted by atomic mass is 10.2.